The number of carbonyl (C=O) groups excluding carboxylic acids is 1. The number of aliphatic hydroxyl groups is 1. The molecule has 2 rings (SSSR count). The molecule has 5 heteroatoms. The third-order valence-corrected chi connectivity index (χ3v) is 4.07. The maximum atomic E-state index is 12.6. The highest BCUT2D eigenvalue weighted by molar-refractivity contribution is 5.86. The molecule has 1 unspecified atom stereocenters. The monoisotopic (exact) mass is 252 g/mol. The van der Waals surface area contributed by atoms with Crippen molar-refractivity contribution >= 4 is 5.91 Å². The highest BCUT2D eigenvalue weighted by Gasteiger charge is 2.44. The number of amides is 1. The van der Waals surface area contributed by atoms with Crippen LogP contribution in [0.4, 0.5) is 0 Å². The van der Waals surface area contributed by atoms with Crippen LogP contribution in [0.3, 0.4) is 0 Å². The molecule has 0 aromatic heterocycles. The number of hydrogen-bond acceptors (Lipinski definition) is 4. The second kappa shape index (κ2) is 5.68. The fourth-order valence-electron chi connectivity index (χ4n) is 2.83. The van der Waals surface area contributed by atoms with Crippen LogP contribution in [0.2, 0.25) is 0 Å². The Morgan fingerprint density at radius 1 is 1.44 bits per heavy atom. The lowest BCUT2D eigenvalue weighted by Gasteiger charge is -2.40. The topological polar surface area (TPSA) is 73.6 Å². The summed E-state index contributed by atoms with van der Waals surface area (Å²) in [6.07, 6.45) is 3.77. The van der Waals surface area contributed by atoms with E-state index in [9.17, 15) is 15.2 Å². The minimum Gasteiger partial charge on any atom is -0.394 e. The van der Waals surface area contributed by atoms with Gasteiger partial charge in [-0.2, -0.15) is 5.26 Å². The number of aliphatic hydroxyl groups excluding tert-OH is 1. The van der Waals surface area contributed by atoms with Crippen molar-refractivity contribution in [2.24, 2.45) is 5.41 Å². The zero-order valence-corrected chi connectivity index (χ0v) is 10.6. The summed E-state index contributed by atoms with van der Waals surface area (Å²) in [7, 11) is 0. The molecule has 0 saturated carbocycles. The van der Waals surface area contributed by atoms with E-state index in [1.54, 1.807) is 4.90 Å². The van der Waals surface area contributed by atoms with Gasteiger partial charge in [0.2, 0.25) is 5.91 Å². The molecule has 0 spiro atoms. The van der Waals surface area contributed by atoms with Crippen molar-refractivity contribution in [3.63, 3.8) is 0 Å². The molecule has 2 aliphatic heterocycles. The summed E-state index contributed by atoms with van der Waals surface area (Å²) in [4.78, 5) is 14.3. The number of likely N-dealkylation sites (tertiary alicyclic amines) is 1. The van der Waals surface area contributed by atoms with Crippen molar-refractivity contribution in [1.82, 2.24) is 4.90 Å². The third-order valence-electron chi connectivity index (χ3n) is 4.07. The van der Waals surface area contributed by atoms with E-state index in [1.807, 2.05) is 0 Å². The molecule has 0 bridgehead atoms. The largest absolute Gasteiger partial charge is 0.394 e. The molecular weight excluding hydrogens is 232 g/mol. The average molecular weight is 252 g/mol. The quantitative estimate of drug-likeness (QED) is 0.784. The lowest BCUT2D eigenvalue weighted by molar-refractivity contribution is -0.148. The van der Waals surface area contributed by atoms with E-state index < -0.39 is 5.41 Å². The van der Waals surface area contributed by atoms with Gasteiger partial charge >= 0.3 is 0 Å². The Bertz CT molecular complexity index is 345. The lowest BCUT2D eigenvalue weighted by atomic mass is 9.79. The minimum absolute atomic E-state index is 0.0102. The Hall–Kier alpha value is -1.12. The zero-order chi connectivity index (χ0) is 13.0. The molecule has 1 amide bonds. The Balaban J connectivity index is 2.15. The Kier molecular flexibility index (Phi) is 4.20. The standard InChI is InChI=1S/C13H20N2O3/c14-10-13(4-7-18-8-5-13)12(17)15-6-2-1-3-11(15)9-16/h11,16H,1-9H2. The van der Waals surface area contributed by atoms with Gasteiger partial charge in [-0.05, 0) is 32.1 Å². The van der Waals surface area contributed by atoms with Crippen LogP contribution in [0, 0.1) is 16.7 Å². The zero-order valence-electron chi connectivity index (χ0n) is 10.6. The van der Waals surface area contributed by atoms with Gasteiger partial charge in [0.1, 0.15) is 5.41 Å². The van der Waals surface area contributed by atoms with Crippen LogP contribution in [0.1, 0.15) is 32.1 Å². The molecule has 100 valence electrons. The van der Waals surface area contributed by atoms with E-state index in [0.717, 1.165) is 19.3 Å². The maximum absolute atomic E-state index is 12.6. The van der Waals surface area contributed by atoms with Gasteiger partial charge in [-0.3, -0.25) is 4.79 Å². The van der Waals surface area contributed by atoms with Crippen LogP contribution in [-0.2, 0) is 9.53 Å². The normalized spacial score (nSPS) is 27.6. The second-order valence-corrected chi connectivity index (χ2v) is 5.14. The Labute approximate surface area is 107 Å². The fraction of sp³-hybridized carbons (Fsp3) is 0.846. The highest BCUT2D eigenvalue weighted by atomic mass is 16.5. The summed E-state index contributed by atoms with van der Waals surface area (Å²) in [6, 6.07) is 2.09. The molecule has 0 radical (unpaired) electrons. The highest BCUT2D eigenvalue weighted by Crippen LogP contribution is 2.34. The van der Waals surface area contributed by atoms with Gasteiger partial charge in [-0.25, -0.2) is 0 Å². The number of piperidine rings is 1. The molecule has 18 heavy (non-hydrogen) atoms. The number of nitrogens with zero attached hydrogens (tertiary/aromatic N) is 2. The van der Waals surface area contributed by atoms with Crippen LogP contribution < -0.4 is 0 Å². The number of nitriles is 1. The SMILES string of the molecule is N#CC1(C(=O)N2CCCCC2CO)CCOCC1. The van der Waals surface area contributed by atoms with E-state index in [0.29, 0.717) is 32.6 Å². The third kappa shape index (κ3) is 2.36. The number of rotatable bonds is 2. The summed E-state index contributed by atoms with van der Waals surface area (Å²) in [5, 5.41) is 18.7. The first-order valence-corrected chi connectivity index (χ1v) is 6.64. The summed E-state index contributed by atoms with van der Waals surface area (Å²) in [6.45, 7) is 1.59. The van der Waals surface area contributed by atoms with Gasteiger partial charge in [-0.15, -0.1) is 0 Å². The van der Waals surface area contributed by atoms with E-state index in [4.69, 9.17) is 4.74 Å². The molecule has 0 aromatic rings. The van der Waals surface area contributed by atoms with Gasteiger partial charge in [0, 0.05) is 19.8 Å². The van der Waals surface area contributed by atoms with Crippen LogP contribution in [0.5, 0.6) is 0 Å². The van der Waals surface area contributed by atoms with Crippen molar-refractivity contribution in [3.05, 3.63) is 0 Å². The summed E-state index contributed by atoms with van der Waals surface area (Å²) < 4.78 is 5.25. The molecule has 5 nitrogen and oxygen atoms in total. The van der Waals surface area contributed by atoms with Gasteiger partial charge in [0.25, 0.3) is 0 Å². The predicted molar refractivity (Wildman–Crippen MR) is 64.5 cm³/mol. The van der Waals surface area contributed by atoms with Gasteiger partial charge in [-0.1, -0.05) is 0 Å². The maximum Gasteiger partial charge on any atom is 0.243 e. The van der Waals surface area contributed by atoms with Crippen molar-refractivity contribution in [3.8, 4) is 6.07 Å². The van der Waals surface area contributed by atoms with Crippen molar-refractivity contribution in [2.45, 2.75) is 38.1 Å². The van der Waals surface area contributed by atoms with E-state index >= 15 is 0 Å². The Morgan fingerprint density at radius 2 is 2.17 bits per heavy atom. The molecule has 0 aliphatic carbocycles. The summed E-state index contributed by atoms with van der Waals surface area (Å²) in [5.74, 6) is -0.105. The molecular formula is C13H20N2O3. The van der Waals surface area contributed by atoms with E-state index in [-0.39, 0.29) is 18.6 Å². The van der Waals surface area contributed by atoms with Crippen LogP contribution in [0.15, 0.2) is 0 Å². The minimum atomic E-state index is -0.928. The molecule has 1 atom stereocenters. The number of ether oxygens (including phenoxy) is 1. The van der Waals surface area contributed by atoms with Crippen LogP contribution in [0.25, 0.3) is 0 Å². The molecule has 1 N–H and O–H groups in total. The summed E-state index contributed by atoms with van der Waals surface area (Å²) in [5.41, 5.74) is -0.928. The average Bonchev–Trinajstić information content (AvgIpc) is 2.47. The van der Waals surface area contributed by atoms with Crippen molar-refractivity contribution < 1.29 is 14.6 Å². The molecule has 2 saturated heterocycles. The first kappa shape index (κ1) is 13.3. The smallest absolute Gasteiger partial charge is 0.243 e. The lowest BCUT2D eigenvalue weighted by Crippen LogP contribution is -2.53. The van der Waals surface area contributed by atoms with Crippen molar-refractivity contribution in [1.29, 1.82) is 5.26 Å². The fourth-order valence-corrected chi connectivity index (χ4v) is 2.83. The molecule has 0 aromatic carbocycles. The van der Waals surface area contributed by atoms with Gasteiger partial charge in [0.15, 0.2) is 0 Å². The van der Waals surface area contributed by atoms with Gasteiger partial charge in [0.05, 0.1) is 18.7 Å². The van der Waals surface area contributed by atoms with E-state index in [2.05, 4.69) is 6.07 Å². The molecule has 2 fully saturated rings. The Morgan fingerprint density at radius 3 is 2.78 bits per heavy atom. The molecule has 2 heterocycles. The second-order valence-electron chi connectivity index (χ2n) is 5.14. The van der Waals surface area contributed by atoms with Crippen molar-refractivity contribution in [2.75, 3.05) is 26.4 Å². The predicted octanol–water partition coefficient (Wildman–Crippen LogP) is 0.680. The van der Waals surface area contributed by atoms with E-state index in [1.165, 1.54) is 0 Å². The van der Waals surface area contributed by atoms with Crippen LogP contribution >= 0.6 is 0 Å². The number of hydrogen-bond donors (Lipinski definition) is 1. The first-order valence-electron chi connectivity index (χ1n) is 6.64. The van der Waals surface area contributed by atoms with Crippen LogP contribution in [-0.4, -0.2) is 48.3 Å². The molecule has 2 aliphatic rings. The summed E-state index contributed by atoms with van der Waals surface area (Å²) >= 11 is 0. The first-order chi connectivity index (χ1) is 8.73. The van der Waals surface area contributed by atoms with Gasteiger partial charge < -0.3 is 14.7 Å². The number of carbonyl (C=O) groups is 1.